The van der Waals surface area contributed by atoms with E-state index < -0.39 is 5.91 Å². The first-order valence-electron chi connectivity index (χ1n) is 6.60. The van der Waals surface area contributed by atoms with Gasteiger partial charge >= 0.3 is 0 Å². The number of morpholine rings is 1. The van der Waals surface area contributed by atoms with Gasteiger partial charge in [-0.15, -0.1) is 0 Å². The predicted octanol–water partition coefficient (Wildman–Crippen LogP) is 0.668. The van der Waals surface area contributed by atoms with Crippen LogP contribution < -0.4 is 11.3 Å². The summed E-state index contributed by atoms with van der Waals surface area (Å²) in [5.74, 6) is 5.24. The first kappa shape index (κ1) is 15.0. The Hall–Kier alpha value is -1.44. The zero-order chi connectivity index (χ0) is 15.0. The number of carbonyl (C=O) groups excluding carboxylic acids is 1. The number of hydrogen-bond acceptors (Lipinski definition) is 6. The molecule has 20 heavy (non-hydrogen) atoms. The number of amides is 1. The summed E-state index contributed by atoms with van der Waals surface area (Å²) in [5, 5.41) is 3.70. The predicted molar refractivity (Wildman–Crippen MR) is 72.7 cm³/mol. The largest absolute Gasteiger partial charge is 0.367 e. The molecule has 0 bridgehead atoms. The highest BCUT2D eigenvalue weighted by Crippen LogP contribution is 2.28. The third-order valence-corrected chi connectivity index (χ3v) is 3.06. The minimum absolute atomic E-state index is 0.189. The van der Waals surface area contributed by atoms with E-state index in [1.807, 2.05) is 5.43 Å². The van der Waals surface area contributed by atoms with Gasteiger partial charge in [-0.25, -0.2) is 5.84 Å². The number of hydrogen-bond donors (Lipinski definition) is 2. The Morgan fingerprint density at radius 2 is 2.00 bits per heavy atom. The number of nitrogen functional groups attached to an aromatic ring is 1. The van der Waals surface area contributed by atoms with Crippen LogP contribution in [-0.4, -0.2) is 40.3 Å². The fourth-order valence-electron chi connectivity index (χ4n) is 2.85. The second kappa shape index (κ2) is 5.16. The van der Waals surface area contributed by atoms with Crippen molar-refractivity contribution in [2.45, 2.75) is 45.4 Å². The van der Waals surface area contributed by atoms with Gasteiger partial charge in [0.2, 0.25) is 0 Å². The lowest BCUT2D eigenvalue weighted by Gasteiger charge is -2.46. The van der Waals surface area contributed by atoms with Gasteiger partial charge in [0.05, 0.1) is 17.7 Å². The van der Waals surface area contributed by atoms with Gasteiger partial charge in [-0.2, -0.15) is 0 Å². The molecule has 112 valence electrons. The molecule has 0 atom stereocenters. The fraction of sp³-hybridized carbons (Fsp3) is 0.692. The van der Waals surface area contributed by atoms with Crippen LogP contribution in [0.2, 0.25) is 0 Å². The van der Waals surface area contributed by atoms with Gasteiger partial charge in [-0.1, -0.05) is 5.16 Å². The molecule has 2 heterocycles. The minimum Gasteiger partial charge on any atom is -0.367 e. The summed E-state index contributed by atoms with van der Waals surface area (Å²) >= 11 is 0. The molecular formula is C13H22N4O3. The number of nitrogens with zero attached hydrogens (tertiary/aromatic N) is 2. The number of nitrogens with two attached hydrogens (primary N) is 1. The van der Waals surface area contributed by atoms with Gasteiger partial charge in [-0.3, -0.25) is 15.1 Å². The van der Waals surface area contributed by atoms with Crippen LogP contribution in [0.5, 0.6) is 0 Å². The maximum Gasteiger partial charge on any atom is 0.287 e. The van der Waals surface area contributed by atoms with Crippen LogP contribution in [-0.2, 0) is 11.3 Å². The maximum atomic E-state index is 11.3. The molecule has 0 saturated carbocycles. The number of carbonyl (C=O) groups is 1. The number of rotatable bonds is 3. The summed E-state index contributed by atoms with van der Waals surface area (Å²) in [5.41, 5.74) is 1.77. The van der Waals surface area contributed by atoms with E-state index in [2.05, 4.69) is 37.8 Å². The smallest absolute Gasteiger partial charge is 0.287 e. The summed E-state index contributed by atoms with van der Waals surface area (Å²) in [6.07, 6.45) is 0. The van der Waals surface area contributed by atoms with Crippen LogP contribution in [0.1, 0.15) is 43.9 Å². The molecule has 0 aromatic carbocycles. The Balaban J connectivity index is 2.06. The van der Waals surface area contributed by atoms with Crippen molar-refractivity contribution < 1.29 is 14.1 Å². The van der Waals surface area contributed by atoms with E-state index in [1.165, 1.54) is 0 Å². The quantitative estimate of drug-likeness (QED) is 0.481. The summed E-state index contributed by atoms with van der Waals surface area (Å²) in [7, 11) is 0. The van der Waals surface area contributed by atoms with Crippen molar-refractivity contribution in [1.82, 2.24) is 15.5 Å². The Bertz CT molecular complexity index is 480. The summed E-state index contributed by atoms with van der Waals surface area (Å²) in [4.78, 5) is 13.6. The number of ether oxygens (including phenoxy) is 1. The average Bonchev–Trinajstić information content (AvgIpc) is 2.72. The van der Waals surface area contributed by atoms with Crippen molar-refractivity contribution in [2.75, 3.05) is 13.1 Å². The van der Waals surface area contributed by atoms with E-state index >= 15 is 0 Å². The normalized spacial score (nSPS) is 21.6. The number of nitrogens with one attached hydrogen (secondary N) is 1. The monoisotopic (exact) mass is 282 g/mol. The second-order valence-corrected chi connectivity index (χ2v) is 6.42. The highest BCUT2D eigenvalue weighted by Gasteiger charge is 2.38. The number of hydrazine groups is 1. The fourth-order valence-corrected chi connectivity index (χ4v) is 2.85. The van der Waals surface area contributed by atoms with Gasteiger partial charge in [0.1, 0.15) is 0 Å². The molecule has 7 heteroatoms. The van der Waals surface area contributed by atoms with Crippen molar-refractivity contribution in [3.05, 3.63) is 17.5 Å². The second-order valence-electron chi connectivity index (χ2n) is 6.42. The highest BCUT2D eigenvalue weighted by molar-refractivity contribution is 5.91. The molecule has 1 aliphatic heterocycles. The molecule has 1 aliphatic rings. The molecule has 3 N–H and O–H groups in total. The summed E-state index contributed by atoms with van der Waals surface area (Å²) in [6.45, 7) is 10.4. The topological polar surface area (TPSA) is 93.6 Å². The van der Waals surface area contributed by atoms with Crippen LogP contribution in [0.15, 0.2) is 10.6 Å². The third kappa shape index (κ3) is 3.56. The first-order valence-corrected chi connectivity index (χ1v) is 6.60. The molecule has 1 amide bonds. The van der Waals surface area contributed by atoms with Crippen LogP contribution in [0.3, 0.4) is 0 Å². The van der Waals surface area contributed by atoms with Gasteiger partial charge in [0.15, 0.2) is 11.5 Å². The third-order valence-electron chi connectivity index (χ3n) is 3.06. The molecule has 2 rings (SSSR count). The molecule has 1 aromatic heterocycles. The lowest BCUT2D eigenvalue weighted by molar-refractivity contribution is -0.182. The van der Waals surface area contributed by atoms with E-state index in [0.29, 0.717) is 12.3 Å². The van der Waals surface area contributed by atoms with Crippen molar-refractivity contribution in [1.29, 1.82) is 0 Å². The van der Waals surface area contributed by atoms with Crippen molar-refractivity contribution in [3.63, 3.8) is 0 Å². The Labute approximate surface area is 118 Å². The Morgan fingerprint density at radius 3 is 2.55 bits per heavy atom. The number of aromatic nitrogens is 1. The van der Waals surface area contributed by atoms with Crippen LogP contribution in [0.25, 0.3) is 0 Å². The van der Waals surface area contributed by atoms with E-state index in [0.717, 1.165) is 13.1 Å². The lowest BCUT2D eigenvalue weighted by Crippen LogP contribution is -2.56. The minimum atomic E-state index is -0.456. The molecule has 0 aliphatic carbocycles. The van der Waals surface area contributed by atoms with E-state index in [9.17, 15) is 4.79 Å². The molecule has 7 nitrogen and oxygen atoms in total. The molecule has 0 spiro atoms. The Kier molecular flexibility index (Phi) is 3.86. The SMILES string of the molecule is CC1(C)CN(Cc2cc(C(=O)NN)no2)CC(C)(C)O1. The maximum absolute atomic E-state index is 11.3. The molecule has 1 saturated heterocycles. The van der Waals surface area contributed by atoms with Gasteiger partial charge in [0, 0.05) is 19.2 Å². The Morgan fingerprint density at radius 1 is 1.40 bits per heavy atom. The van der Waals surface area contributed by atoms with Crippen LogP contribution in [0.4, 0.5) is 0 Å². The average molecular weight is 282 g/mol. The highest BCUT2D eigenvalue weighted by atomic mass is 16.5. The molecular weight excluding hydrogens is 260 g/mol. The summed E-state index contributed by atoms with van der Waals surface area (Å²) < 4.78 is 11.2. The van der Waals surface area contributed by atoms with E-state index in [4.69, 9.17) is 15.1 Å². The standard InChI is InChI=1S/C13H22N4O3/c1-12(2)7-17(8-13(3,4)20-12)6-9-5-10(16-19-9)11(18)15-14/h5H,6-8,14H2,1-4H3,(H,15,18). The van der Waals surface area contributed by atoms with Crippen molar-refractivity contribution >= 4 is 5.91 Å². The zero-order valence-corrected chi connectivity index (χ0v) is 12.4. The van der Waals surface area contributed by atoms with Crippen LogP contribution in [0, 0.1) is 0 Å². The first-order chi connectivity index (χ1) is 9.21. The zero-order valence-electron chi connectivity index (χ0n) is 12.4. The van der Waals surface area contributed by atoms with E-state index in [1.54, 1.807) is 6.07 Å². The molecule has 0 radical (unpaired) electrons. The van der Waals surface area contributed by atoms with Gasteiger partial charge in [-0.05, 0) is 27.7 Å². The molecule has 0 unspecified atom stereocenters. The van der Waals surface area contributed by atoms with Crippen molar-refractivity contribution in [3.8, 4) is 0 Å². The van der Waals surface area contributed by atoms with Gasteiger partial charge in [0.25, 0.3) is 5.91 Å². The van der Waals surface area contributed by atoms with Crippen molar-refractivity contribution in [2.24, 2.45) is 5.84 Å². The van der Waals surface area contributed by atoms with Crippen LogP contribution >= 0.6 is 0 Å². The summed E-state index contributed by atoms with van der Waals surface area (Å²) in [6, 6.07) is 1.61. The van der Waals surface area contributed by atoms with Gasteiger partial charge < -0.3 is 9.26 Å². The van der Waals surface area contributed by atoms with E-state index in [-0.39, 0.29) is 16.9 Å². The lowest BCUT2D eigenvalue weighted by atomic mass is 9.99. The molecule has 1 aromatic rings. The molecule has 1 fully saturated rings.